The van der Waals surface area contributed by atoms with Gasteiger partial charge in [-0.1, -0.05) is 51.1 Å². The normalized spacial score (nSPS) is 11.4. The largest absolute Gasteiger partial charge is 0.477 e. The van der Waals surface area contributed by atoms with E-state index in [1.807, 2.05) is 12.1 Å². The van der Waals surface area contributed by atoms with Crippen LogP contribution in [0.2, 0.25) is 0 Å². The standard InChI is InChI=1S/C17H20N2O2/c1-5-10-19-15(16(20)21)11-14(18-19)12-6-8-13(9-7-12)17(2,3)4/h5-9,11H,1,10H2,2-4H3,(H,20,21). The Hall–Kier alpha value is -2.36. The van der Waals surface area contributed by atoms with E-state index in [1.165, 1.54) is 10.2 Å². The summed E-state index contributed by atoms with van der Waals surface area (Å²) in [6.45, 7) is 10.5. The molecule has 0 saturated heterocycles. The zero-order chi connectivity index (χ0) is 15.6. The van der Waals surface area contributed by atoms with Crippen LogP contribution in [0.4, 0.5) is 0 Å². The highest BCUT2D eigenvalue weighted by molar-refractivity contribution is 5.87. The minimum absolute atomic E-state index is 0.0902. The first-order chi connectivity index (χ1) is 9.82. The summed E-state index contributed by atoms with van der Waals surface area (Å²) in [7, 11) is 0. The predicted octanol–water partition coefficient (Wildman–Crippen LogP) is 3.73. The van der Waals surface area contributed by atoms with Crippen LogP contribution in [0.5, 0.6) is 0 Å². The van der Waals surface area contributed by atoms with Crippen molar-refractivity contribution in [3.05, 3.63) is 54.2 Å². The van der Waals surface area contributed by atoms with Gasteiger partial charge in [-0.2, -0.15) is 5.10 Å². The summed E-state index contributed by atoms with van der Waals surface area (Å²) in [5.74, 6) is -0.984. The highest BCUT2D eigenvalue weighted by atomic mass is 16.4. The molecule has 4 heteroatoms. The fourth-order valence-electron chi connectivity index (χ4n) is 2.13. The predicted molar refractivity (Wildman–Crippen MR) is 83.5 cm³/mol. The Morgan fingerprint density at radius 1 is 1.33 bits per heavy atom. The van der Waals surface area contributed by atoms with Gasteiger partial charge < -0.3 is 5.11 Å². The van der Waals surface area contributed by atoms with Crippen molar-refractivity contribution in [2.75, 3.05) is 0 Å². The molecular weight excluding hydrogens is 264 g/mol. The lowest BCUT2D eigenvalue weighted by Gasteiger charge is -2.18. The fourth-order valence-corrected chi connectivity index (χ4v) is 2.13. The lowest BCUT2D eigenvalue weighted by molar-refractivity contribution is 0.0684. The van der Waals surface area contributed by atoms with E-state index < -0.39 is 5.97 Å². The number of carboxylic acid groups (broad SMARTS) is 1. The third-order valence-corrected chi connectivity index (χ3v) is 3.35. The quantitative estimate of drug-likeness (QED) is 0.870. The Labute approximate surface area is 124 Å². The molecule has 2 aromatic rings. The molecule has 4 nitrogen and oxygen atoms in total. The minimum Gasteiger partial charge on any atom is -0.477 e. The van der Waals surface area contributed by atoms with Gasteiger partial charge >= 0.3 is 5.97 Å². The third-order valence-electron chi connectivity index (χ3n) is 3.35. The van der Waals surface area contributed by atoms with E-state index in [0.29, 0.717) is 12.2 Å². The van der Waals surface area contributed by atoms with E-state index in [-0.39, 0.29) is 11.1 Å². The highest BCUT2D eigenvalue weighted by Gasteiger charge is 2.16. The first-order valence-corrected chi connectivity index (χ1v) is 6.86. The number of allylic oxidation sites excluding steroid dienone is 1. The second-order valence-electron chi connectivity index (χ2n) is 6.02. The molecule has 0 atom stereocenters. The van der Waals surface area contributed by atoms with Crippen LogP contribution in [0.25, 0.3) is 11.3 Å². The molecule has 1 N–H and O–H groups in total. The molecule has 110 valence electrons. The zero-order valence-corrected chi connectivity index (χ0v) is 12.6. The first-order valence-electron chi connectivity index (χ1n) is 6.86. The second kappa shape index (κ2) is 5.56. The number of rotatable bonds is 4. The summed E-state index contributed by atoms with van der Waals surface area (Å²) in [6.07, 6.45) is 1.63. The molecule has 2 rings (SSSR count). The van der Waals surface area contributed by atoms with E-state index in [0.717, 1.165) is 5.56 Å². The van der Waals surface area contributed by atoms with Crippen LogP contribution in [0, 0.1) is 0 Å². The topological polar surface area (TPSA) is 55.1 Å². The lowest BCUT2D eigenvalue weighted by Crippen LogP contribution is -2.10. The Balaban J connectivity index is 2.40. The SMILES string of the molecule is C=CCn1nc(-c2ccc(C(C)(C)C)cc2)cc1C(=O)O. The lowest BCUT2D eigenvalue weighted by atomic mass is 9.86. The molecular formula is C17H20N2O2. The summed E-state index contributed by atoms with van der Waals surface area (Å²) in [5.41, 5.74) is 3.07. The van der Waals surface area contributed by atoms with Crippen molar-refractivity contribution in [1.29, 1.82) is 0 Å². The van der Waals surface area contributed by atoms with E-state index >= 15 is 0 Å². The molecule has 0 amide bonds. The van der Waals surface area contributed by atoms with Crippen LogP contribution in [0.3, 0.4) is 0 Å². The molecule has 0 unspecified atom stereocenters. The maximum absolute atomic E-state index is 11.2. The monoisotopic (exact) mass is 284 g/mol. The van der Waals surface area contributed by atoms with Crippen LogP contribution >= 0.6 is 0 Å². The van der Waals surface area contributed by atoms with Crippen molar-refractivity contribution in [2.45, 2.75) is 32.7 Å². The van der Waals surface area contributed by atoms with Gasteiger partial charge in [-0.15, -0.1) is 6.58 Å². The van der Waals surface area contributed by atoms with Crippen molar-refractivity contribution in [2.24, 2.45) is 0 Å². The van der Waals surface area contributed by atoms with Crippen LogP contribution < -0.4 is 0 Å². The Kier molecular flexibility index (Phi) is 3.98. The van der Waals surface area contributed by atoms with E-state index in [2.05, 4.69) is 44.6 Å². The van der Waals surface area contributed by atoms with Crippen LogP contribution in [0.15, 0.2) is 43.0 Å². The van der Waals surface area contributed by atoms with Crippen molar-refractivity contribution >= 4 is 5.97 Å². The Bertz CT molecular complexity index is 661. The van der Waals surface area contributed by atoms with Gasteiger partial charge in [0.25, 0.3) is 0 Å². The summed E-state index contributed by atoms with van der Waals surface area (Å²) < 4.78 is 1.45. The maximum atomic E-state index is 11.2. The van der Waals surface area contributed by atoms with Gasteiger partial charge in [-0.3, -0.25) is 4.68 Å². The molecule has 0 radical (unpaired) electrons. The summed E-state index contributed by atoms with van der Waals surface area (Å²) in [5, 5.41) is 13.6. The van der Waals surface area contributed by atoms with E-state index in [1.54, 1.807) is 12.1 Å². The molecule has 0 aliphatic carbocycles. The molecule has 0 aliphatic rings. The van der Waals surface area contributed by atoms with Gasteiger partial charge in [-0.05, 0) is 17.0 Å². The van der Waals surface area contributed by atoms with Gasteiger partial charge in [0.1, 0.15) is 5.69 Å². The number of aromatic carboxylic acids is 1. The van der Waals surface area contributed by atoms with Crippen molar-refractivity contribution in [1.82, 2.24) is 9.78 Å². The molecule has 0 bridgehead atoms. The first kappa shape index (κ1) is 15.0. The van der Waals surface area contributed by atoms with Crippen molar-refractivity contribution in [3.63, 3.8) is 0 Å². The number of hydrogen-bond acceptors (Lipinski definition) is 2. The van der Waals surface area contributed by atoms with Gasteiger partial charge in [-0.25, -0.2) is 4.79 Å². The van der Waals surface area contributed by atoms with Gasteiger partial charge in [0.2, 0.25) is 0 Å². The van der Waals surface area contributed by atoms with Crippen LogP contribution in [-0.4, -0.2) is 20.9 Å². The van der Waals surface area contributed by atoms with E-state index in [4.69, 9.17) is 0 Å². The number of benzene rings is 1. The number of aromatic nitrogens is 2. The van der Waals surface area contributed by atoms with Gasteiger partial charge in [0, 0.05) is 5.56 Å². The average Bonchev–Trinajstić information content (AvgIpc) is 2.82. The van der Waals surface area contributed by atoms with Gasteiger partial charge in [0.15, 0.2) is 0 Å². The molecule has 21 heavy (non-hydrogen) atoms. The zero-order valence-electron chi connectivity index (χ0n) is 12.6. The smallest absolute Gasteiger partial charge is 0.354 e. The number of carboxylic acids is 1. The highest BCUT2D eigenvalue weighted by Crippen LogP contribution is 2.26. The van der Waals surface area contributed by atoms with E-state index in [9.17, 15) is 9.90 Å². The molecule has 0 spiro atoms. The summed E-state index contributed by atoms with van der Waals surface area (Å²) in [6, 6.07) is 9.67. The molecule has 1 heterocycles. The van der Waals surface area contributed by atoms with Crippen molar-refractivity contribution in [3.8, 4) is 11.3 Å². The molecule has 0 fully saturated rings. The fraction of sp³-hybridized carbons (Fsp3) is 0.294. The second-order valence-corrected chi connectivity index (χ2v) is 6.02. The molecule has 0 aliphatic heterocycles. The van der Waals surface area contributed by atoms with Crippen molar-refractivity contribution < 1.29 is 9.90 Å². The summed E-state index contributed by atoms with van der Waals surface area (Å²) >= 11 is 0. The maximum Gasteiger partial charge on any atom is 0.354 e. The third kappa shape index (κ3) is 3.21. The molecule has 1 aromatic carbocycles. The summed E-state index contributed by atoms with van der Waals surface area (Å²) in [4.78, 5) is 11.2. The van der Waals surface area contributed by atoms with Crippen LogP contribution in [-0.2, 0) is 12.0 Å². The average molecular weight is 284 g/mol. The van der Waals surface area contributed by atoms with Gasteiger partial charge in [0.05, 0.1) is 12.2 Å². The molecule has 0 saturated carbocycles. The Morgan fingerprint density at radius 2 is 1.95 bits per heavy atom. The van der Waals surface area contributed by atoms with Crippen LogP contribution in [0.1, 0.15) is 36.8 Å². The minimum atomic E-state index is -0.984. The number of hydrogen-bond donors (Lipinski definition) is 1. The Morgan fingerprint density at radius 3 is 2.43 bits per heavy atom. The molecule has 1 aromatic heterocycles. The number of nitrogens with zero attached hydrogens (tertiary/aromatic N) is 2. The number of carbonyl (C=O) groups is 1.